The third-order valence-corrected chi connectivity index (χ3v) is 5.63. The van der Waals surface area contributed by atoms with Crippen LogP contribution < -0.4 is 9.80 Å². The molecule has 1 unspecified atom stereocenters. The van der Waals surface area contributed by atoms with Crippen LogP contribution in [0.1, 0.15) is 25.0 Å². The van der Waals surface area contributed by atoms with Gasteiger partial charge in [-0.15, -0.1) is 5.10 Å². The fraction of sp³-hybridized carbons (Fsp3) is 0.476. The molecular formula is C21H26FN5O. The zero-order valence-corrected chi connectivity index (χ0v) is 16.2. The second-order valence-corrected chi connectivity index (χ2v) is 7.51. The molecule has 0 radical (unpaired) electrons. The van der Waals surface area contributed by atoms with Gasteiger partial charge in [0.05, 0.1) is 17.4 Å². The molecule has 2 aliphatic heterocycles. The van der Waals surface area contributed by atoms with Gasteiger partial charge in [0.1, 0.15) is 5.82 Å². The average molecular weight is 383 g/mol. The summed E-state index contributed by atoms with van der Waals surface area (Å²) in [5.41, 5.74) is 1.30. The highest BCUT2D eigenvalue weighted by Crippen LogP contribution is 2.27. The summed E-state index contributed by atoms with van der Waals surface area (Å²) in [5, 5.41) is 8.45. The molecule has 4 rings (SSSR count). The monoisotopic (exact) mass is 383 g/mol. The summed E-state index contributed by atoms with van der Waals surface area (Å²) in [5.74, 6) is 0.562. The lowest BCUT2D eigenvalue weighted by Gasteiger charge is -2.38. The molecule has 7 heteroatoms. The molecule has 6 nitrogen and oxygen atoms in total. The maximum absolute atomic E-state index is 14.2. The quantitative estimate of drug-likeness (QED) is 0.816. The Hall–Kier alpha value is -2.54. The number of amides is 1. The molecule has 2 aromatic rings. The number of aryl methyl sites for hydroxylation is 1. The Kier molecular flexibility index (Phi) is 5.52. The molecule has 2 fully saturated rings. The second kappa shape index (κ2) is 8.22. The van der Waals surface area contributed by atoms with E-state index in [2.05, 4.69) is 20.0 Å². The number of nitrogens with zero attached hydrogens (tertiary/aromatic N) is 5. The average Bonchev–Trinajstić information content (AvgIpc) is 2.96. The molecule has 28 heavy (non-hydrogen) atoms. The smallest absolute Gasteiger partial charge is 0.244 e. The van der Waals surface area contributed by atoms with E-state index < -0.39 is 0 Å². The van der Waals surface area contributed by atoms with Gasteiger partial charge in [-0.1, -0.05) is 12.1 Å². The van der Waals surface area contributed by atoms with E-state index in [0.29, 0.717) is 12.2 Å². The Labute approximate surface area is 165 Å². The fourth-order valence-corrected chi connectivity index (χ4v) is 4.14. The van der Waals surface area contributed by atoms with Gasteiger partial charge in [-0.3, -0.25) is 9.69 Å². The third kappa shape index (κ3) is 3.85. The second-order valence-electron chi connectivity index (χ2n) is 7.51. The lowest BCUT2D eigenvalue weighted by atomic mass is 10.0. The number of carbonyl (C=O) groups excluding carboxylic acids is 1. The Morgan fingerprint density at radius 3 is 2.61 bits per heavy atom. The fourth-order valence-electron chi connectivity index (χ4n) is 4.14. The van der Waals surface area contributed by atoms with Crippen LogP contribution in [0.2, 0.25) is 0 Å². The first-order valence-corrected chi connectivity index (χ1v) is 9.99. The summed E-state index contributed by atoms with van der Waals surface area (Å²) in [7, 11) is 0. The number of halogens is 1. The van der Waals surface area contributed by atoms with Gasteiger partial charge >= 0.3 is 0 Å². The number of carbonyl (C=O) groups is 1. The third-order valence-electron chi connectivity index (χ3n) is 5.63. The highest BCUT2D eigenvalue weighted by Gasteiger charge is 2.35. The van der Waals surface area contributed by atoms with Gasteiger partial charge in [0.15, 0.2) is 5.82 Å². The van der Waals surface area contributed by atoms with Crippen LogP contribution in [0.4, 0.5) is 15.9 Å². The maximum Gasteiger partial charge on any atom is 0.244 e. The number of hydrogen-bond donors (Lipinski definition) is 0. The summed E-state index contributed by atoms with van der Waals surface area (Å²) in [6, 6.07) is 10.3. The normalized spacial score (nSPS) is 21.6. The zero-order valence-electron chi connectivity index (χ0n) is 16.2. The number of rotatable bonds is 3. The summed E-state index contributed by atoms with van der Waals surface area (Å²) in [4.78, 5) is 19.3. The molecule has 1 aromatic carbocycles. The lowest BCUT2D eigenvalue weighted by Crippen LogP contribution is -2.53. The Morgan fingerprint density at radius 1 is 0.964 bits per heavy atom. The van der Waals surface area contributed by atoms with E-state index in [0.717, 1.165) is 57.0 Å². The van der Waals surface area contributed by atoms with Crippen LogP contribution >= 0.6 is 0 Å². The standard InChI is InChI=1S/C21H26FN5O/c1-16-9-10-20(24-23-16)26-12-5-11-25(14-15-26)19-8-4-13-27(21(19)28)18-7-3-2-6-17(18)22/h2-3,6-7,9-10,19H,4-5,8,11-15H2,1H3. The van der Waals surface area contributed by atoms with Gasteiger partial charge in [0.25, 0.3) is 0 Å². The number of anilines is 2. The molecule has 0 spiro atoms. The predicted molar refractivity (Wildman–Crippen MR) is 107 cm³/mol. The van der Waals surface area contributed by atoms with Gasteiger partial charge in [0, 0.05) is 32.7 Å². The molecule has 0 aliphatic carbocycles. The molecule has 0 N–H and O–H groups in total. The summed E-state index contributed by atoms with van der Waals surface area (Å²) in [6.45, 7) is 5.86. The minimum absolute atomic E-state index is 0.0138. The summed E-state index contributed by atoms with van der Waals surface area (Å²) < 4.78 is 14.2. The summed E-state index contributed by atoms with van der Waals surface area (Å²) >= 11 is 0. The van der Waals surface area contributed by atoms with E-state index in [1.54, 1.807) is 23.1 Å². The number of aromatic nitrogens is 2. The molecular weight excluding hydrogens is 357 g/mol. The predicted octanol–water partition coefficient (Wildman–Crippen LogP) is 2.63. The van der Waals surface area contributed by atoms with Crippen molar-refractivity contribution in [3.05, 3.63) is 47.9 Å². The van der Waals surface area contributed by atoms with Crippen molar-refractivity contribution in [1.29, 1.82) is 0 Å². The van der Waals surface area contributed by atoms with Crippen molar-refractivity contribution >= 4 is 17.4 Å². The van der Waals surface area contributed by atoms with Crippen LogP contribution in [0.3, 0.4) is 0 Å². The topological polar surface area (TPSA) is 52.6 Å². The molecule has 148 valence electrons. The van der Waals surface area contributed by atoms with Crippen LogP contribution in [0.25, 0.3) is 0 Å². The van der Waals surface area contributed by atoms with Crippen molar-refractivity contribution in [2.75, 3.05) is 42.5 Å². The zero-order chi connectivity index (χ0) is 19.5. The largest absolute Gasteiger partial charge is 0.354 e. The van der Waals surface area contributed by atoms with E-state index in [1.165, 1.54) is 6.07 Å². The number of para-hydroxylation sites is 1. The number of benzene rings is 1. The lowest BCUT2D eigenvalue weighted by molar-refractivity contribution is -0.125. The van der Waals surface area contributed by atoms with Crippen molar-refractivity contribution in [2.24, 2.45) is 0 Å². The molecule has 2 saturated heterocycles. The molecule has 0 bridgehead atoms. The van der Waals surface area contributed by atoms with Crippen LogP contribution in [-0.2, 0) is 4.79 Å². The number of piperidine rings is 1. The van der Waals surface area contributed by atoms with Crippen LogP contribution in [0.15, 0.2) is 36.4 Å². The Morgan fingerprint density at radius 2 is 1.82 bits per heavy atom. The Balaban J connectivity index is 1.46. The van der Waals surface area contributed by atoms with E-state index in [1.807, 2.05) is 19.1 Å². The molecule has 1 amide bonds. The van der Waals surface area contributed by atoms with Crippen LogP contribution in [0.5, 0.6) is 0 Å². The first kappa shape index (κ1) is 18.8. The van der Waals surface area contributed by atoms with Gasteiger partial charge in [-0.05, 0) is 50.5 Å². The molecule has 0 saturated carbocycles. The van der Waals surface area contributed by atoms with Crippen molar-refractivity contribution in [2.45, 2.75) is 32.2 Å². The van der Waals surface area contributed by atoms with Gasteiger partial charge in [-0.2, -0.15) is 5.10 Å². The van der Waals surface area contributed by atoms with Crippen molar-refractivity contribution < 1.29 is 9.18 Å². The SMILES string of the molecule is Cc1ccc(N2CCCN(C3CCCN(c4ccccc4F)C3=O)CC2)nn1. The van der Waals surface area contributed by atoms with Gasteiger partial charge in [-0.25, -0.2) is 4.39 Å². The van der Waals surface area contributed by atoms with Crippen molar-refractivity contribution in [3.8, 4) is 0 Å². The minimum atomic E-state index is -0.337. The first-order valence-electron chi connectivity index (χ1n) is 9.99. The summed E-state index contributed by atoms with van der Waals surface area (Å²) in [6.07, 6.45) is 2.67. The Bertz CT molecular complexity index is 828. The van der Waals surface area contributed by atoms with Gasteiger partial charge in [0.2, 0.25) is 5.91 Å². The molecule has 1 atom stereocenters. The van der Waals surface area contributed by atoms with Crippen molar-refractivity contribution in [1.82, 2.24) is 15.1 Å². The first-order chi connectivity index (χ1) is 13.6. The highest BCUT2D eigenvalue weighted by atomic mass is 19.1. The maximum atomic E-state index is 14.2. The minimum Gasteiger partial charge on any atom is -0.354 e. The van der Waals surface area contributed by atoms with E-state index in [9.17, 15) is 9.18 Å². The molecule has 2 aliphatic rings. The molecule has 3 heterocycles. The van der Waals surface area contributed by atoms with Gasteiger partial charge < -0.3 is 9.80 Å². The van der Waals surface area contributed by atoms with E-state index >= 15 is 0 Å². The van der Waals surface area contributed by atoms with Crippen molar-refractivity contribution in [3.63, 3.8) is 0 Å². The van der Waals surface area contributed by atoms with E-state index in [-0.39, 0.29) is 17.8 Å². The van der Waals surface area contributed by atoms with E-state index in [4.69, 9.17) is 0 Å². The highest BCUT2D eigenvalue weighted by molar-refractivity contribution is 5.98. The van der Waals surface area contributed by atoms with Crippen LogP contribution in [-0.4, -0.2) is 59.8 Å². The molecule has 1 aromatic heterocycles. The van der Waals surface area contributed by atoms with Crippen LogP contribution in [0, 0.1) is 12.7 Å². The number of hydrogen-bond acceptors (Lipinski definition) is 5.